The topological polar surface area (TPSA) is 39.9 Å². The average molecular weight is 473 g/mol. The largest absolute Gasteiger partial charge is 0.355 e. The third-order valence-electron chi connectivity index (χ3n) is 7.09. The number of hydrogen-bond donors (Lipinski definition) is 0. The van der Waals surface area contributed by atoms with Gasteiger partial charge in [-0.2, -0.15) is 0 Å². The number of pyridine rings is 2. The summed E-state index contributed by atoms with van der Waals surface area (Å²) >= 11 is 13.6. The molecule has 8 heteroatoms. The molecule has 6 nitrogen and oxygen atoms in total. The smallest absolute Gasteiger partial charge is 0.139 e. The first-order chi connectivity index (χ1) is 15.6. The van der Waals surface area contributed by atoms with E-state index in [0.29, 0.717) is 0 Å². The third-order valence-corrected chi connectivity index (χ3v) is 7.77. The minimum absolute atomic E-state index is 0.129. The van der Waals surface area contributed by atoms with Crippen LogP contribution in [0.25, 0.3) is 5.65 Å². The Labute approximate surface area is 199 Å². The summed E-state index contributed by atoms with van der Waals surface area (Å²) in [5.74, 6) is 1.13. The van der Waals surface area contributed by atoms with Gasteiger partial charge in [0, 0.05) is 32.4 Å². The van der Waals surface area contributed by atoms with Gasteiger partial charge in [0.2, 0.25) is 0 Å². The number of aromatic nitrogens is 3. The molecule has 0 aromatic carbocycles. The van der Waals surface area contributed by atoms with Crippen LogP contribution in [0.2, 0.25) is 10.2 Å². The zero-order valence-electron chi connectivity index (χ0n) is 18.7. The molecule has 2 saturated heterocycles. The standard InChI is InChI=1S/C24H30Cl2N6/c1-3-30-13-15-31(16-14-30)21-11-5-10-20-28-23(24(26)32(20)21)19-9-4-8-18(29(19)2)22-17(25)7-6-12-27-22/h5-7,10-12,18-19H,3-4,8-9,13-16H2,1-2H3. The Bertz CT molecular complexity index is 1090. The van der Waals surface area contributed by atoms with Crippen molar-refractivity contribution < 1.29 is 0 Å². The fraction of sp³-hybridized carbons (Fsp3) is 0.500. The van der Waals surface area contributed by atoms with Crippen LogP contribution in [0.15, 0.2) is 36.5 Å². The van der Waals surface area contributed by atoms with E-state index in [0.717, 1.165) is 85.0 Å². The highest BCUT2D eigenvalue weighted by Gasteiger charge is 2.35. The molecule has 2 atom stereocenters. The van der Waals surface area contributed by atoms with E-state index in [-0.39, 0.29) is 12.1 Å². The number of hydrogen-bond acceptors (Lipinski definition) is 5. The second kappa shape index (κ2) is 9.18. The van der Waals surface area contributed by atoms with Crippen LogP contribution in [-0.4, -0.2) is 63.9 Å². The number of piperidine rings is 1. The number of likely N-dealkylation sites (tertiary alicyclic amines) is 1. The first-order valence-corrected chi connectivity index (χ1v) is 12.3. The van der Waals surface area contributed by atoms with Crippen molar-refractivity contribution in [1.82, 2.24) is 24.2 Å². The fourth-order valence-corrected chi connectivity index (χ4v) is 5.83. The molecule has 0 amide bonds. The molecule has 170 valence electrons. The molecule has 3 aromatic heterocycles. The number of piperazine rings is 1. The third kappa shape index (κ3) is 3.87. The van der Waals surface area contributed by atoms with Gasteiger partial charge in [0.15, 0.2) is 0 Å². The average Bonchev–Trinajstić information content (AvgIpc) is 3.16. The second-order valence-corrected chi connectivity index (χ2v) is 9.55. The van der Waals surface area contributed by atoms with Gasteiger partial charge in [-0.25, -0.2) is 4.98 Å². The minimum atomic E-state index is 0.129. The first-order valence-electron chi connectivity index (χ1n) is 11.5. The molecule has 0 saturated carbocycles. The monoisotopic (exact) mass is 472 g/mol. The van der Waals surface area contributed by atoms with Crippen LogP contribution in [0.5, 0.6) is 0 Å². The Balaban J connectivity index is 1.48. The van der Waals surface area contributed by atoms with Gasteiger partial charge in [-0.1, -0.05) is 36.2 Å². The van der Waals surface area contributed by atoms with Gasteiger partial charge in [0.25, 0.3) is 0 Å². The lowest BCUT2D eigenvalue weighted by Crippen LogP contribution is -2.46. The summed E-state index contributed by atoms with van der Waals surface area (Å²) in [6, 6.07) is 10.4. The van der Waals surface area contributed by atoms with E-state index in [4.69, 9.17) is 28.2 Å². The maximum atomic E-state index is 7.06. The van der Waals surface area contributed by atoms with Gasteiger partial charge in [-0.05, 0) is 57.1 Å². The lowest BCUT2D eigenvalue weighted by atomic mass is 9.92. The van der Waals surface area contributed by atoms with Crippen molar-refractivity contribution in [3.05, 3.63) is 58.1 Å². The minimum Gasteiger partial charge on any atom is -0.355 e. The van der Waals surface area contributed by atoms with Crippen LogP contribution in [0.4, 0.5) is 5.82 Å². The SMILES string of the molecule is CCN1CCN(c2cccc3nc(C4CCCC(c5ncccc5Cl)N4C)c(Cl)n23)CC1. The lowest BCUT2D eigenvalue weighted by molar-refractivity contribution is 0.110. The van der Waals surface area contributed by atoms with Crippen LogP contribution in [0.1, 0.15) is 49.7 Å². The highest BCUT2D eigenvalue weighted by atomic mass is 35.5. The molecule has 0 bridgehead atoms. The maximum Gasteiger partial charge on any atom is 0.139 e. The highest BCUT2D eigenvalue weighted by molar-refractivity contribution is 6.31. The predicted octanol–water partition coefficient (Wildman–Crippen LogP) is 5.08. The number of anilines is 1. The lowest BCUT2D eigenvalue weighted by Gasteiger charge is -2.39. The van der Waals surface area contributed by atoms with E-state index in [2.05, 4.69) is 56.3 Å². The highest BCUT2D eigenvalue weighted by Crippen LogP contribution is 2.43. The van der Waals surface area contributed by atoms with Crippen LogP contribution in [0, 0.1) is 0 Å². The zero-order chi connectivity index (χ0) is 22.2. The van der Waals surface area contributed by atoms with Crippen molar-refractivity contribution in [3.63, 3.8) is 0 Å². The number of imidazole rings is 1. The normalized spacial score (nSPS) is 23.2. The molecule has 5 heterocycles. The van der Waals surface area contributed by atoms with E-state index in [9.17, 15) is 0 Å². The van der Waals surface area contributed by atoms with Crippen LogP contribution < -0.4 is 4.90 Å². The fourth-order valence-electron chi connectivity index (χ4n) is 5.24. The van der Waals surface area contributed by atoms with Gasteiger partial charge in [0.05, 0.1) is 28.5 Å². The summed E-state index contributed by atoms with van der Waals surface area (Å²) in [5.41, 5.74) is 2.80. The van der Waals surface area contributed by atoms with Crippen molar-refractivity contribution in [2.45, 2.75) is 38.3 Å². The van der Waals surface area contributed by atoms with Gasteiger partial charge < -0.3 is 9.80 Å². The second-order valence-electron chi connectivity index (χ2n) is 8.79. The predicted molar refractivity (Wildman–Crippen MR) is 131 cm³/mol. The van der Waals surface area contributed by atoms with Crippen LogP contribution >= 0.6 is 23.2 Å². The summed E-state index contributed by atoms with van der Waals surface area (Å²) < 4.78 is 2.13. The van der Waals surface area contributed by atoms with E-state index >= 15 is 0 Å². The quantitative estimate of drug-likeness (QED) is 0.529. The first kappa shape index (κ1) is 22.0. The Kier molecular flexibility index (Phi) is 6.30. The van der Waals surface area contributed by atoms with Crippen molar-refractivity contribution >= 4 is 34.7 Å². The molecular weight excluding hydrogens is 443 g/mol. The molecule has 32 heavy (non-hydrogen) atoms. The number of likely N-dealkylation sites (N-methyl/N-ethyl adjacent to an activating group) is 1. The molecule has 0 N–H and O–H groups in total. The summed E-state index contributed by atoms with van der Waals surface area (Å²) in [7, 11) is 2.14. The molecular formula is C24H30Cl2N6. The van der Waals surface area contributed by atoms with Crippen LogP contribution in [-0.2, 0) is 0 Å². The zero-order valence-corrected chi connectivity index (χ0v) is 20.2. The van der Waals surface area contributed by atoms with Crippen molar-refractivity contribution in [3.8, 4) is 0 Å². The Morgan fingerprint density at radius 2 is 1.72 bits per heavy atom. The molecule has 0 aliphatic carbocycles. The number of nitrogens with zero attached hydrogens (tertiary/aromatic N) is 6. The summed E-state index contributed by atoms with van der Waals surface area (Å²) in [6.07, 6.45) is 4.96. The summed E-state index contributed by atoms with van der Waals surface area (Å²) in [4.78, 5) is 16.9. The molecule has 5 rings (SSSR count). The maximum absolute atomic E-state index is 7.06. The Morgan fingerprint density at radius 3 is 2.44 bits per heavy atom. The van der Waals surface area contributed by atoms with Gasteiger partial charge >= 0.3 is 0 Å². The number of fused-ring (bicyclic) bond motifs is 1. The van der Waals surface area contributed by atoms with Gasteiger partial charge in [-0.15, -0.1) is 0 Å². The van der Waals surface area contributed by atoms with Crippen molar-refractivity contribution in [2.24, 2.45) is 0 Å². The Morgan fingerprint density at radius 1 is 0.969 bits per heavy atom. The number of rotatable bonds is 4. The molecule has 2 aliphatic rings. The summed E-state index contributed by atoms with van der Waals surface area (Å²) in [6.45, 7) is 7.47. The van der Waals surface area contributed by atoms with E-state index in [1.807, 2.05) is 18.3 Å². The van der Waals surface area contributed by atoms with Gasteiger partial charge in [0.1, 0.15) is 16.6 Å². The molecule has 0 radical (unpaired) electrons. The molecule has 0 spiro atoms. The van der Waals surface area contributed by atoms with E-state index in [1.54, 1.807) is 0 Å². The van der Waals surface area contributed by atoms with Crippen LogP contribution in [0.3, 0.4) is 0 Å². The number of halogens is 2. The van der Waals surface area contributed by atoms with Gasteiger partial charge in [-0.3, -0.25) is 14.3 Å². The van der Waals surface area contributed by atoms with E-state index in [1.165, 1.54) is 0 Å². The van der Waals surface area contributed by atoms with E-state index < -0.39 is 0 Å². The molecule has 2 aliphatic heterocycles. The van der Waals surface area contributed by atoms with Crippen molar-refractivity contribution in [2.75, 3.05) is 44.7 Å². The van der Waals surface area contributed by atoms with Crippen molar-refractivity contribution in [1.29, 1.82) is 0 Å². The molecule has 2 unspecified atom stereocenters. The molecule has 3 aromatic rings. The summed E-state index contributed by atoms with van der Waals surface area (Å²) in [5, 5.41) is 1.44. The Hall–Kier alpha value is -1.86. The molecule has 2 fully saturated rings.